The fourth-order valence-corrected chi connectivity index (χ4v) is 6.50. The van der Waals surface area contributed by atoms with E-state index >= 15 is 0 Å². The van der Waals surface area contributed by atoms with Crippen molar-refractivity contribution in [3.05, 3.63) is 52.7 Å². The summed E-state index contributed by atoms with van der Waals surface area (Å²) in [6, 6.07) is 7.77. The minimum atomic E-state index is -3.19. The highest BCUT2D eigenvalue weighted by atomic mass is 32.2. The number of piperidine rings is 1. The van der Waals surface area contributed by atoms with Gasteiger partial charge in [0.2, 0.25) is 16.0 Å². The van der Waals surface area contributed by atoms with Crippen LogP contribution in [0.2, 0.25) is 0 Å². The van der Waals surface area contributed by atoms with E-state index in [1.807, 2.05) is 11.6 Å². The lowest BCUT2D eigenvalue weighted by molar-refractivity contribution is 0.329. The summed E-state index contributed by atoms with van der Waals surface area (Å²) in [5.41, 5.74) is 2.35. The summed E-state index contributed by atoms with van der Waals surface area (Å²) in [6.45, 7) is 4.13. The number of sulfonamides is 1. The second-order valence-electron chi connectivity index (χ2n) is 9.03. The van der Waals surface area contributed by atoms with E-state index in [9.17, 15) is 17.6 Å². The van der Waals surface area contributed by atoms with Gasteiger partial charge in [0.15, 0.2) is 0 Å². The van der Waals surface area contributed by atoms with Crippen LogP contribution in [0.15, 0.2) is 41.3 Å². The Kier molecular flexibility index (Phi) is 6.45. The smallest absolute Gasteiger partial charge is 0.275 e. The zero-order chi connectivity index (χ0) is 24.6. The zero-order valence-electron chi connectivity index (χ0n) is 19.7. The molecule has 35 heavy (non-hydrogen) atoms. The van der Waals surface area contributed by atoms with Crippen LogP contribution in [0.3, 0.4) is 0 Å². The van der Waals surface area contributed by atoms with Gasteiger partial charge in [-0.05, 0) is 49.4 Å². The van der Waals surface area contributed by atoms with Crippen molar-refractivity contribution in [2.75, 3.05) is 24.2 Å². The Labute approximate surface area is 203 Å². The lowest BCUT2D eigenvalue weighted by atomic mass is 10.0. The van der Waals surface area contributed by atoms with Crippen molar-refractivity contribution in [1.29, 1.82) is 0 Å². The second kappa shape index (κ2) is 9.54. The van der Waals surface area contributed by atoms with Gasteiger partial charge < -0.3 is 5.32 Å². The monoisotopic (exact) mass is 500 g/mol. The molecule has 1 saturated heterocycles. The predicted octanol–water partition coefficient (Wildman–Crippen LogP) is 2.93. The number of halogens is 1. The molecular weight excluding hydrogens is 471 g/mol. The molecule has 2 aliphatic heterocycles. The molecule has 2 aromatic heterocycles. The van der Waals surface area contributed by atoms with Gasteiger partial charge in [-0.2, -0.15) is 0 Å². The molecule has 0 saturated carbocycles. The number of hydrogen-bond acceptors (Lipinski definition) is 6. The number of anilines is 1. The third kappa shape index (κ3) is 4.62. The van der Waals surface area contributed by atoms with Gasteiger partial charge in [0, 0.05) is 38.4 Å². The molecule has 4 heterocycles. The molecular formula is C24H29FN6O3S. The summed E-state index contributed by atoms with van der Waals surface area (Å²) < 4.78 is 43.5. The molecule has 3 aromatic rings. The molecule has 0 unspecified atom stereocenters. The van der Waals surface area contributed by atoms with E-state index in [2.05, 4.69) is 10.3 Å². The van der Waals surface area contributed by atoms with Gasteiger partial charge in [-0.25, -0.2) is 31.8 Å². The number of nitrogens with one attached hydrogen (secondary N) is 1. The van der Waals surface area contributed by atoms with Crippen LogP contribution in [0.25, 0.3) is 22.5 Å². The van der Waals surface area contributed by atoms with Crippen molar-refractivity contribution >= 4 is 16.0 Å². The SMILES string of the molecule is CCCS(=O)(=O)N1CCC(Nc2nccc(-c3c(-c4ccc(F)cc4)c(=O)n4n3CCC4)n2)CC1. The van der Waals surface area contributed by atoms with E-state index in [0.717, 1.165) is 6.42 Å². The Morgan fingerprint density at radius 1 is 1.06 bits per heavy atom. The average molecular weight is 501 g/mol. The van der Waals surface area contributed by atoms with Gasteiger partial charge in [0.05, 0.1) is 22.7 Å². The Hall–Kier alpha value is -3.05. The molecule has 186 valence electrons. The van der Waals surface area contributed by atoms with E-state index in [1.54, 1.807) is 33.4 Å². The molecule has 1 N–H and O–H groups in total. The number of fused-ring (bicyclic) bond motifs is 1. The molecule has 1 aromatic carbocycles. The Morgan fingerprint density at radius 2 is 1.77 bits per heavy atom. The van der Waals surface area contributed by atoms with Crippen LogP contribution in [0.1, 0.15) is 32.6 Å². The summed E-state index contributed by atoms with van der Waals surface area (Å²) in [5, 5.41) is 3.35. The molecule has 2 aliphatic rings. The number of hydrogen-bond donors (Lipinski definition) is 1. The summed E-state index contributed by atoms with van der Waals surface area (Å²) >= 11 is 0. The molecule has 0 atom stereocenters. The van der Waals surface area contributed by atoms with Crippen LogP contribution >= 0.6 is 0 Å². The Balaban J connectivity index is 1.41. The van der Waals surface area contributed by atoms with E-state index < -0.39 is 10.0 Å². The number of rotatable bonds is 7. The van der Waals surface area contributed by atoms with Gasteiger partial charge in [-0.3, -0.25) is 9.48 Å². The molecule has 0 radical (unpaired) electrons. The third-order valence-electron chi connectivity index (χ3n) is 6.65. The molecule has 0 aliphatic carbocycles. The van der Waals surface area contributed by atoms with Crippen molar-refractivity contribution in [3.63, 3.8) is 0 Å². The summed E-state index contributed by atoms with van der Waals surface area (Å²) in [4.78, 5) is 22.3. The fraction of sp³-hybridized carbons (Fsp3) is 0.458. The van der Waals surface area contributed by atoms with Crippen LogP contribution < -0.4 is 10.9 Å². The predicted molar refractivity (Wildman–Crippen MR) is 132 cm³/mol. The van der Waals surface area contributed by atoms with E-state index in [0.29, 0.717) is 73.9 Å². The first-order valence-corrected chi connectivity index (χ1v) is 13.7. The third-order valence-corrected chi connectivity index (χ3v) is 8.72. The summed E-state index contributed by atoms with van der Waals surface area (Å²) in [5.74, 6) is 0.256. The fourth-order valence-electron chi connectivity index (χ4n) is 4.96. The highest BCUT2D eigenvalue weighted by Gasteiger charge is 2.29. The maximum atomic E-state index is 13.5. The molecule has 5 rings (SSSR count). The minimum absolute atomic E-state index is 0.0531. The first-order chi connectivity index (χ1) is 16.9. The first kappa shape index (κ1) is 23.7. The molecule has 0 bridgehead atoms. The maximum Gasteiger partial charge on any atom is 0.275 e. The number of nitrogens with zero attached hydrogens (tertiary/aromatic N) is 5. The quantitative estimate of drug-likeness (QED) is 0.535. The Morgan fingerprint density at radius 3 is 2.49 bits per heavy atom. The van der Waals surface area contributed by atoms with E-state index in [4.69, 9.17) is 4.98 Å². The number of aromatic nitrogens is 4. The first-order valence-electron chi connectivity index (χ1n) is 12.0. The van der Waals surface area contributed by atoms with Gasteiger partial charge in [0.25, 0.3) is 5.56 Å². The van der Waals surface area contributed by atoms with Crippen LogP contribution in [0.4, 0.5) is 10.3 Å². The normalized spacial score (nSPS) is 17.0. The van der Waals surface area contributed by atoms with Crippen LogP contribution in [0.5, 0.6) is 0 Å². The lowest BCUT2D eigenvalue weighted by Gasteiger charge is -2.31. The maximum absolute atomic E-state index is 13.5. The molecule has 0 spiro atoms. The van der Waals surface area contributed by atoms with Gasteiger partial charge in [-0.1, -0.05) is 19.1 Å². The van der Waals surface area contributed by atoms with Crippen molar-refractivity contribution in [3.8, 4) is 22.5 Å². The zero-order valence-corrected chi connectivity index (χ0v) is 20.5. The van der Waals surface area contributed by atoms with Crippen molar-refractivity contribution < 1.29 is 12.8 Å². The minimum Gasteiger partial charge on any atom is -0.351 e. The highest BCUT2D eigenvalue weighted by molar-refractivity contribution is 7.89. The van der Waals surface area contributed by atoms with Crippen molar-refractivity contribution in [2.45, 2.75) is 51.7 Å². The molecule has 1 fully saturated rings. The standard InChI is InChI=1S/C24H29FN6O3S/c1-2-16-35(33,34)29-14-9-19(10-15-29)27-24-26-11-8-20(28-24)22-21(17-4-6-18(25)7-5-17)23(32)31-13-3-12-30(22)31/h4-8,11,19H,2-3,9-10,12-16H2,1H3,(H,26,27,28). The van der Waals surface area contributed by atoms with Crippen LogP contribution in [-0.4, -0.2) is 56.9 Å². The number of benzene rings is 1. The topological polar surface area (TPSA) is 102 Å². The highest BCUT2D eigenvalue weighted by Crippen LogP contribution is 2.32. The van der Waals surface area contributed by atoms with Crippen LogP contribution in [-0.2, 0) is 23.1 Å². The van der Waals surface area contributed by atoms with E-state index in [1.165, 1.54) is 12.1 Å². The second-order valence-corrected chi connectivity index (χ2v) is 11.1. The molecule has 11 heteroatoms. The van der Waals surface area contributed by atoms with Crippen molar-refractivity contribution in [1.82, 2.24) is 23.6 Å². The summed E-state index contributed by atoms with van der Waals surface area (Å²) in [6.07, 6.45) is 4.45. The largest absolute Gasteiger partial charge is 0.351 e. The Bertz CT molecular complexity index is 1380. The van der Waals surface area contributed by atoms with Crippen LogP contribution in [0, 0.1) is 5.82 Å². The van der Waals surface area contributed by atoms with Gasteiger partial charge in [-0.15, -0.1) is 0 Å². The van der Waals surface area contributed by atoms with E-state index in [-0.39, 0.29) is 23.2 Å². The van der Waals surface area contributed by atoms with Crippen molar-refractivity contribution in [2.24, 2.45) is 0 Å². The average Bonchev–Trinajstić information content (AvgIpc) is 3.42. The summed E-state index contributed by atoms with van der Waals surface area (Å²) in [7, 11) is -3.19. The van der Waals surface area contributed by atoms with Gasteiger partial charge >= 0.3 is 0 Å². The van der Waals surface area contributed by atoms with Gasteiger partial charge in [0.1, 0.15) is 5.82 Å². The molecule has 9 nitrogen and oxygen atoms in total. The lowest BCUT2D eigenvalue weighted by Crippen LogP contribution is -2.43. The molecule has 0 amide bonds.